The standard InChI is InChI=1S/C12H10N2OS/c1-7-6-16-12-10(7)9(11(15)14-12)5-8-3-2-4-13-8/h2-6,13H,1H3,(H,14,15). The number of hydrogen-bond acceptors (Lipinski definition) is 2. The Bertz CT molecular complexity index is 578. The molecular weight excluding hydrogens is 220 g/mol. The molecule has 2 aromatic heterocycles. The molecule has 0 aliphatic carbocycles. The molecule has 0 saturated carbocycles. The molecule has 80 valence electrons. The fourth-order valence-electron chi connectivity index (χ4n) is 1.88. The number of hydrogen-bond donors (Lipinski definition) is 2. The number of carbonyl (C=O) groups is 1. The first-order valence-electron chi connectivity index (χ1n) is 5.00. The molecule has 0 bridgehead atoms. The summed E-state index contributed by atoms with van der Waals surface area (Å²) in [5.41, 5.74) is 3.89. The maximum Gasteiger partial charge on any atom is 0.257 e. The molecular formula is C12H10N2OS. The lowest BCUT2D eigenvalue weighted by atomic mass is 10.1. The zero-order chi connectivity index (χ0) is 11.1. The van der Waals surface area contributed by atoms with Gasteiger partial charge in [-0.3, -0.25) is 4.79 Å². The average molecular weight is 230 g/mol. The number of fused-ring (bicyclic) bond motifs is 1. The Labute approximate surface area is 96.8 Å². The molecule has 0 fully saturated rings. The molecule has 3 rings (SSSR count). The summed E-state index contributed by atoms with van der Waals surface area (Å²) in [6, 6.07) is 3.86. The number of aryl methyl sites for hydroxylation is 1. The van der Waals surface area contributed by atoms with Crippen LogP contribution in [0.4, 0.5) is 5.00 Å². The Hall–Kier alpha value is -1.81. The van der Waals surface area contributed by atoms with Crippen molar-refractivity contribution in [3.05, 3.63) is 40.5 Å². The van der Waals surface area contributed by atoms with Crippen molar-refractivity contribution in [2.75, 3.05) is 5.32 Å². The van der Waals surface area contributed by atoms with E-state index in [1.807, 2.05) is 31.3 Å². The number of aromatic amines is 1. The zero-order valence-electron chi connectivity index (χ0n) is 8.70. The van der Waals surface area contributed by atoms with Gasteiger partial charge in [-0.25, -0.2) is 0 Å². The number of nitrogens with one attached hydrogen (secondary N) is 2. The highest BCUT2D eigenvalue weighted by molar-refractivity contribution is 7.15. The third-order valence-electron chi connectivity index (χ3n) is 2.64. The van der Waals surface area contributed by atoms with Gasteiger partial charge in [0.15, 0.2) is 0 Å². The van der Waals surface area contributed by atoms with Gasteiger partial charge < -0.3 is 10.3 Å². The van der Waals surface area contributed by atoms with Gasteiger partial charge in [-0.15, -0.1) is 11.3 Å². The van der Waals surface area contributed by atoms with E-state index >= 15 is 0 Å². The second-order valence-corrected chi connectivity index (χ2v) is 4.64. The Kier molecular flexibility index (Phi) is 1.97. The van der Waals surface area contributed by atoms with E-state index in [1.165, 1.54) is 0 Å². The third-order valence-corrected chi connectivity index (χ3v) is 3.65. The van der Waals surface area contributed by atoms with Gasteiger partial charge in [0, 0.05) is 17.5 Å². The molecule has 1 amide bonds. The molecule has 16 heavy (non-hydrogen) atoms. The van der Waals surface area contributed by atoms with Gasteiger partial charge in [0.25, 0.3) is 5.91 Å². The highest BCUT2D eigenvalue weighted by Gasteiger charge is 2.27. The summed E-state index contributed by atoms with van der Waals surface area (Å²) in [6.45, 7) is 2.03. The van der Waals surface area contributed by atoms with E-state index in [2.05, 4.69) is 15.7 Å². The summed E-state index contributed by atoms with van der Waals surface area (Å²) in [5, 5.41) is 5.90. The lowest BCUT2D eigenvalue weighted by Gasteiger charge is -1.96. The van der Waals surface area contributed by atoms with E-state index in [1.54, 1.807) is 11.3 Å². The van der Waals surface area contributed by atoms with E-state index in [9.17, 15) is 4.79 Å². The Morgan fingerprint density at radius 2 is 2.31 bits per heavy atom. The van der Waals surface area contributed by atoms with Gasteiger partial charge in [0.2, 0.25) is 0 Å². The van der Waals surface area contributed by atoms with Crippen LogP contribution in [0.3, 0.4) is 0 Å². The lowest BCUT2D eigenvalue weighted by molar-refractivity contribution is -0.110. The van der Waals surface area contributed by atoms with Gasteiger partial charge in [-0.2, -0.15) is 0 Å². The number of amides is 1. The average Bonchev–Trinajstić information content (AvgIpc) is 2.91. The van der Waals surface area contributed by atoms with E-state index < -0.39 is 0 Å². The van der Waals surface area contributed by atoms with E-state index in [0.29, 0.717) is 0 Å². The molecule has 0 spiro atoms. The van der Waals surface area contributed by atoms with Gasteiger partial charge in [0.1, 0.15) is 5.00 Å². The molecule has 1 aliphatic heterocycles. The van der Waals surface area contributed by atoms with Crippen molar-refractivity contribution < 1.29 is 4.79 Å². The minimum Gasteiger partial charge on any atom is -0.362 e. The summed E-state index contributed by atoms with van der Waals surface area (Å²) < 4.78 is 0. The fraction of sp³-hybridized carbons (Fsp3) is 0.0833. The Morgan fingerprint density at radius 1 is 1.44 bits per heavy atom. The van der Waals surface area contributed by atoms with Crippen LogP contribution >= 0.6 is 11.3 Å². The number of anilines is 1. The molecule has 0 atom stereocenters. The Morgan fingerprint density at radius 3 is 3.06 bits per heavy atom. The number of rotatable bonds is 1. The van der Waals surface area contributed by atoms with Crippen LogP contribution < -0.4 is 5.32 Å². The summed E-state index contributed by atoms with van der Waals surface area (Å²) in [5.74, 6) is -0.0143. The number of thiophene rings is 1. The molecule has 0 unspecified atom stereocenters. The van der Waals surface area contributed by atoms with Crippen molar-refractivity contribution in [3.8, 4) is 0 Å². The second-order valence-electron chi connectivity index (χ2n) is 3.76. The van der Waals surface area contributed by atoms with Crippen LogP contribution in [0.2, 0.25) is 0 Å². The molecule has 4 heteroatoms. The number of carbonyl (C=O) groups excluding carboxylic acids is 1. The first kappa shape index (κ1) is 9.42. The summed E-state index contributed by atoms with van der Waals surface area (Å²) >= 11 is 1.58. The minimum atomic E-state index is -0.0143. The SMILES string of the molecule is Cc1csc2c1C(=Cc1ccc[nH]1)C(=O)N2. The minimum absolute atomic E-state index is 0.0143. The van der Waals surface area contributed by atoms with Gasteiger partial charge in [0.05, 0.1) is 5.57 Å². The van der Waals surface area contributed by atoms with Crippen LogP contribution in [-0.4, -0.2) is 10.9 Å². The van der Waals surface area contributed by atoms with Crippen LogP contribution in [0, 0.1) is 6.92 Å². The quantitative estimate of drug-likeness (QED) is 0.727. The molecule has 3 nitrogen and oxygen atoms in total. The maximum absolute atomic E-state index is 11.8. The normalized spacial score (nSPS) is 16.6. The van der Waals surface area contributed by atoms with Gasteiger partial charge in [-0.05, 0) is 36.1 Å². The summed E-state index contributed by atoms with van der Waals surface area (Å²) in [6.07, 6.45) is 3.74. The lowest BCUT2D eigenvalue weighted by Crippen LogP contribution is -2.03. The van der Waals surface area contributed by atoms with Crippen LogP contribution in [0.15, 0.2) is 23.7 Å². The molecule has 0 aromatic carbocycles. The predicted octanol–water partition coefficient (Wildman–Crippen LogP) is 2.88. The second kappa shape index (κ2) is 3.35. The van der Waals surface area contributed by atoms with Crippen LogP contribution in [0.1, 0.15) is 16.8 Å². The van der Waals surface area contributed by atoms with Gasteiger partial charge >= 0.3 is 0 Å². The monoisotopic (exact) mass is 230 g/mol. The topological polar surface area (TPSA) is 44.9 Å². The molecule has 0 radical (unpaired) electrons. The highest BCUT2D eigenvalue weighted by Crippen LogP contribution is 2.39. The van der Waals surface area contributed by atoms with E-state index in [0.717, 1.165) is 27.4 Å². The molecule has 1 aliphatic rings. The third kappa shape index (κ3) is 1.31. The first-order valence-corrected chi connectivity index (χ1v) is 5.88. The maximum atomic E-state index is 11.8. The van der Waals surface area contributed by atoms with Crippen molar-refractivity contribution in [3.63, 3.8) is 0 Å². The van der Waals surface area contributed by atoms with Crippen molar-refractivity contribution in [1.29, 1.82) is 0 Å². The number of H-pyrrole nitrogens is 1. The highest BCUT2D eigenvalue weighted by atomic mass is 32.1. The van der Waals surface area contributed by atoms with Gasteiger partial charge in [-0.1, -0.05) is 0 Å². The van der Waals surface area contributed by atoms with E-state index in [4.69, 9.17) is 0 Å². The molecule has 0 saturated heterocycles. The molecule has 2 N–H and O–H groups in total. The largest absolute Gasteiger partial charge is 0.362 e. The Balaban J connectivity index is 2.14. The smallest absolute Gasteiger partial charge is 0.257 e. The zero-order valence-corrected chi connectivity index (χ0v) is 9.52. The summed E-state index contributed by atoms with van der Waals surface area (Å²) in [7, 11) is 0. The van der Waals surface area contributed by atoms with E-state index in [-0.39, 0.29) is 5.91 Å². The van der Waals surface area contributed by atoms with Crippen LogP contribution in [0.5, 0.6) is 0 Å². The van der Waals surface area contributed by atoms with Crippen molar-refractivity contribution in [2.24, 2.45) is 0 Å². The van der Waals surface area contributed by atoms with Crippen molar-refractivity contribution in [2.45, 2.75) is 6.92 Å². The first-order chi connectivity index (χ1) is 7.75. The van der Waals surface area contributed by atoms with Crippen molar-refractivity contribution >= 4 is 33.9 Å². The van der Waals surface area contributed by atoms with Crippen LogP contribution in [0.25, 0.3) is 11.6 Å². The predicted molar refractivity (Wildman–Crippen MR) is 66.3 cm³/mol. The number of aromatic nitrogens is 1. The molecule has 2 aromatic rings. The van der Waals surface area contributed by atoms with Crippen molar-refractivity contribution in [1.82, 2.24) is 4.98 Å². The molecule has 3 heterocycles. The fourth-order valence-corrected chi connectivity index (χ4v) is 2.84. The van der Waals surface area contributed by atoms with Crippen LogP contribution in [-0.2, 0) is 4.79 Å². The summed E-state index contributed by atoms with van der Waals surface area (Å²) in [4.78, 5) is 14.9.